The second-order valence-electron chi connectivity index (χ2n) is 8.38. The highest BCUT2D eigenvalue weighted by Crippen LogP contribution is 2.31. The Morgan fingerprint density at radius 1 is 1.27 bits per heavy atom. The van der Waals surface area contributed by atoms with Gasteiger partial charge in [0.25, 0.3) is 0 Å². The second kappa shape index (κ2) is 9.93. The van der Waals surface area contributed by atoms with Crippen LogP contribution in [0.5, 0.6) is 5.75 Å². The Labute approximate surface area is 192 Å². The van der Waals surface area contributed by atoms with E-state index in [4.69, 9.17) is 4.74 Å². The minimum Gasteiger partial charge on any atom is -0.489 e. The lowest BCUT2D eigenvalue weighted by molar-refractivity contribution is -0.143. The summed E-state index contributed by atoms with van der Waals surface area (Å²) in [4.78, 5) is 24.9. The van der Waals surface area contributed by atoms with Crippen LogP contribution in [0.15, 0.2) is 24.4 Å². The molecule has 10 nitrogen and oxygen atoms in total. The molecule has 0 bridgehead atoms. The maximum atomic E-state index is 11.3. The van der Waals surface area contributed by atoms with Gasteiger partial charge in [0.15, 0.2) is 11.5 Å². The highest BCUT2D eigenvalue weighted by Gasteiger charge is 2.28. The first kappa shape index (κ1) is 22.6. The van der Waals surface area contributed by atoms with Crippen molar-refractivity contribution in [1.82, 2.24) is 29.9 Å². The Balaban J connectivity index is 1.53. The van der Waals surface area contributed by atoms with Gasteiger partial charge in [0, 0.05) is 18.9 Å². The first-order valence-electron chi connectivity index (χ1n) is 11.3. The molecule has 1 saturated carbocycles. The van der Waals surface area contributed by atoms with E-state index in [0.717, 1.165) is 31.4 Å². The van der Waals surface area contributed by atoms with E-state index in [9.17, 15) is 9.90 Å². The van der Waals surface area contributed by atoms with Crippen LogP contribution in [0.3, 0.4) is 0 Å². The van der Waals surface area contributed by atoms with Gasteiger partial charge in [0.2, 0.25) is 5.95 Å². The van der Waals surface area contributed by atoms with Crippen molar-refractivity contribution >= 4 is 17.7 Å². The molecule has 0 radical (unpaired) electrons. The van der Waals surface area contributed by atoms with Crippen LogP contribution in [-0.2, 0) is 18.3 Å². The second-order valence-corrected chi connectivity index (χ2v) is 8.38. The van der Waals surface area contributed by atoms with Gasteiger partial charge in [0.05, 0.1) is 23.4 Å². The van der Waals surface area contributed by atoms with Crippen molar-refractivity contribution in [3.63, 3.8) is 0 Å². The fourth-order valence-corrected chi connectivity index (χ4v) is 4.09. The number of ether oxygens (including phenoxy) is 1. The Hall–Kier alpha value is -3.56. The summed E-state index contributed by atoms with van der Waals surface area (Å²) in [5, 5.41) is 21.0. The molecular formula is C23H29N7O3. The van der Waals surface area contributed by atoms with Crippen molar-refractivity contribution in [2.45, 2.75) is 58.5 Å². The number of rotatable bonds is 8. The molecule has 3 heterocycles. The first-order chi connectivity index (χ1) is 15.9. The van der Waals surface area contributed by atoms with Gasteiger partial charge in [-0.25, -0.2) is 19.6 Å². The number of hydrogen-bond donors (Lipinski definition) is 2. The van der Waals surface area contributed by atoms with Gasteiger partial charge >= 0.3 is 5.97 Å². The molecule has 4 rings (SSSR count). The van der Waals surface area contributed by atoms with Gasteiger partial charge in [-0.05, 0) is 57.2 Å². The molecule has 3 aromatic heterocycles. The minimum absolute atomic E-state index is 0.118. The number of pyridine rings is 1. The van der Waals surface area contributed by atoms with Gasteiger partial charge in [-0.2, -0.15) is 0 Å². The van der Waals surface area contributed by atoms with Gasteiger partial charge in [-0.3, -0.25) is 4.79 Å². The summed E-state index contributed by atoms with van der Waals surface area (Å²) in [5.74, 6) is 0.682. The monoisotopic (exact) mass is 451 g/mol. The van der Waals surface area contributed by atoms with Crippen LogP contribution >= 0.6 is 0 Å². The minimum atomic E-state index is -0.750. The quantitative estimate of drug-likeness (QED) is 0.527. The number of aliphatic carboxylic acids is 1. The fraction of sp³-hybridized carbons (Fsp3) is 0.478. The van der Waals surface area contributed by atoms with Gasteiger partial charge in [-0.1, -0.05) is 18.6 Å². The summed E-state index contributed by atoms with van der Waals surface area (Å²) >= 11 is 0. The van der Waals surface area contributed by atoms with Crippen LogP contribution in [0, 0.1) is 12.8 Å². The van der Waals surface area contributed by atoms with Gasteiger partial charge < -0.3 is 15.2 Å². The van der Waals surface area contributed by atoms with E-state index in [2.05, 4.69) is 37.5 Å². The van der Waals surface area contributed by atoms with Crippen molar-refractivity contribution in [2.24, 2.45) is 13.0 Å². The first-order valence-corrected chi connectivity index (χ1v) is 11.3. The molecule has 33 heavy (non-hydrogen) atoms. The average Bonchev–Trinajstić information content (AvgIpc) is 3.16. The Morgan fingerprint density at radius 3 is 2.88 bits per heavy atom. The smallest absolute Gasteiger partial charge is 0.306 e. The van der Waals surface area contributed by atoms with E-state index < -0.39 is 5.97 Å². The van der Waals surface area contributed by atoms with Crippen molar-refractivity contribution in [2.75, 3.05) is 5.32 Å². The summed E-state index contributed by atoms with van der Waals surface area (Å²) in [6.07, 6.45) is 6.42. The van der Waals surface area contributed by atoms with E-state index in [1.807, 2.05) is 25.1 Å². The lowest BCUT2D eigenvalue weighted by atomic mass is 9.87. The molecule has 0 amide bonds. The molecule has 3 aromatic rings. The molecule has 0 saturated heterocycles. The largest absolute Gasteiger partial charge is 0.489 e. The number of nitrogens with one attached hydrogen (secondary N) is 1. The number of aryl methyl sites for hydroxylation is 3. The van der Waals surface area contributed by atoms with Crippen LogP contribution in [0.1, 0.15) is 50.4 Å². The molecule has 0 spiro atoms. The van der Waals surface area contributed by atoms with Crippen molar-refractivity contribution in [3.05, 3.63) is 35.8 Å². The predicted octanol–water partition coefficient (Wildman–Crippen LogP) is 3.69. The highest BCUT2D eigenvalue weighted by atomic mass is 16.5. The maximum absolute atomic E-state index is 11.3. The van der Waals surface area contributed by atoms with Crippen LogP contribution in [0.2, 0.25) is 0 Å². The predicted molar refractivity (Wildman–Crippen MR) is 122 cm³/mol. The van der Waals surface area contributed by atoms with Crippen LogP contribution in [0.4, 0.5) is 11.8 Å². The molecule has 0 aliphatic heterocycles. The third-order valence-corrected chi connectivity index (χ3v) is 5.83. The van der Waals surface area contributed by atoms with E-state index in [-0.39, 0.29) is 12.0 Å². The lowest BCUT2D eigenvalue weighted by Crippen LogP contribution is -2.29. The van der Waals surface area contributed by atoms with Crippen LogP contribution < -0.4 is 10.1 Å². The zero-order chi connectivity index (χ0) is 23.4. The highest BCUT2D eigenvalue weighted by molar-refractivity contribution is 5.72. The zero-order valence-electron chi connectivity index (χ0n) is 19.2. The number of anilines is 2. The van der Waals surface area contributed by atoms with Crippen molar-refractivity contribution in [3.8, 4) is 17.1 Å². The fourth-order valence-electron chi connectivity index (χ4n) is 4.09. The molecule has 2 atom stereocenters. The van der Waals surface area contributed by atoms with Gasteiger partial charge in [-0.15, -0.1) is 5.10 Å². The number of aromatic nitrogens is 6. The molecule has 0 aromatic carbocycles. The summed E-state index contributed by atoms with van der Waals surface area (Å²) in [6, 6.07) is 5.61. The lowest BCUT2D eigenvalue weighted by Gasteiger charge is -2.27. The van der Waals surface area contributed by atoms with Crippen molar-refractivity contribution in [1.29, 1.82) is 0 Å². The van der Waals surface area contributed by atoms with Gasteiger partial charge in [0.1, 0.15) is 5.75 Å². The number of carboxylic acids is 1. The summed E-state index contributed by atoms with van der Waals surface area (Å²) < 4.78 is 7.75. The number of carbonyl (C=O) groups is 1. The van der Waals surface area contributed by atoms with E-state index in [0.29, 0.717) is 47.4 Å². The van der Waals surface area contributed by atoms with E-state index in [1.165, 1.54) is 0 Å². The SMILES string of the molecule is CCCc1ccnc(Nc2c(-c3ccc(O[C@H]4CCC[C@H](C(=O)O)C4)c(C)n3)nnn2C)n1. The van der Waals surface area contributed by atoms with Crippen LogP contribution in [-0.4, -0.2) is 47.1 Å². The third-order valence-electron chi connectivity index (χ3n) is 5.83. The molecule has 2 N–H and O–H groups in total. The summed E-state index contributed by atoms with van der Waals surface area (Å²) in [5.41, 5.74) is 2.91. The number of nitrogens with zero attached hydrogens (tertiary/aromatic N) is 6. The molecule has 10 heteroatoms. The molecular weight excluding hydrogens is 422 g/mol. The topological polar surface area (TPSA) is 128 Å². The van der Waals surface area contributed by atoms with Crippen molar-refractivity contribution < 1.29 is 14.6 Å². The summed E-state index contributed by atoms with van der Waals surface area (Å²) in [6.45, 7) is 3.98. The molecule has 1 aliphatic rings. The number of hydrogen-bond acceptors (Lipinski definition) is 8. The molecule has 1 aliphatic carbocycles. The normalized spacial score (nSPS) is 18.2. The average molecular weight is 452 g/mol. The molecule has 174 valence electrons. The zero-order valence-corrected chi connectivity index (χ0v) is 19.2. The number of carboxylic acid groups (broad SMARTS) is 1. The standard InChI is InChI=1S/C23H29N7O3/c1-4-6-16-11-12-24-23(26-16)27-21-20(28-29-30(21)3)18-9-10-19(14(2)25-18)33-17-8-5-7-15(13-17)22(31)32/h9-12,15,17H,4-8,13H2,1-3H3,(H,31,32)(H,24,26,27)/t15-,17-/m0/s1. The summed E-state index contributed by atoms with van der Waals surface area (Å²) in [7, 11) is 1.79. The van der Waals surface area contributed by atoms with Crippen LogP contribution in [0.25, 0.3) is 11.4 Å². The maximum Gasteiger partial charge on any atom is 0.306 e. The van der Waals surface area contributed by atoms with E-state index in [1.54, 1.807) is 17.9 Å². The Morgan fingerprint density at radius 2 is 2.12 bits per heavy atom. The molecule has 1 fully saturated rings. The Bertz CT molecular complexity index is 1130. The van der Waals surface area contributed by atoms with E-state index >= 15 is 0 Å². The third kappa shape index (κ3) is 5.27. The molecule has 0 unspecified atom stereocenters. The Kier molecular flexibility index (Phi) is 6.81.